The predicted molar refractivity (Wildman–Crippen MR) is 68.1 cm³/mol. The summed E-state index contributed by atoms with van der Waals surface area (Å²) in [5.41, 5.74) is 0. The van der Waals surface area contributed by atoms with E-state index in [4.69, 9.17) is 0 Å². The van der Waals surface area contributed by atoms with Crippen molar-refractivity contribution in [3.8, 4) is 0 Å². The van der Waals surface area contributed by atoms with Crippen LogP contribution in [0.2, 0.25) is 0 Å². The maximum atomic E-state index is 10.4. The van der Waals surface area contributed by atoms with Gasteiger partial charge in [0.2, 0.25) is 0 Å². The number of carbonyl (C=O) groups excluding carboxylic acids is 2. The summed E-state index contributed by atoms with van der Waals surface area (Å²) in [6.45, 7) is 3.40. The Bertz CT molecular complexity index is 153. The average molecular weight is 245 g/mol. The second-order valence-electron chi connectivity index (χ2n) is 2.58. The van der Waals surface area contributed by atoms with Gasteiger partial charge in [-0.1, -0.05) is 0 Å². The van der Waals surface area contributed by atoms with Crippen molar-refractivity contribution in [3.05, 3.63) is 10.6 Å². The van der Waals surface area contributed by atoms with E-state index in [1.807, 2.05) is 0 Å². The number of hydrogen-bond donors (Lipinski definition) is 0. The quantitative estimate of drug-likeness (QED) is 0.428. The smallest absolute Gasteiger partial charge is 0.668 e. The molecule has 0 amide bonds. The molecular weight excluding hydrogens is 223 g/mol. The van der Waals surface area contributed by atoms with Crippen LogP contribution in [0.5, 0.6) is 0 Å². The molecule has 0 aliphatic carbocycles. The minimum atomic E-state index is -0.440. The van der Waals surface area contributed by atoms with E-state index < -0.39 is 5.97 Å². The fraction of sp³-hybridized carbons (Fsp3) is 0.800. The van der Waals surface area contributed by atoms with Crippen LogP contribution in [-0.4, -0.2) is 63.9 Å². The monoisotopic (exact) mass is 245 g/mol. The molecule has 6 heteroatoms. The van der Waals surface area contributed by atoms with Crippen molar-refractivity contribution in [3.63, 3.8) is 0 Å². The number of ketones is 1. The molecule has 0 N–H and O–H groups in total. The minimum absolute atomic E-state index is 0. The number of esters is 1. The molecule has 0 rings (SSSR count). The minimum Gasteiger partial charge on any atom is -0.668 e. The molecule has 0 aliphatic heterocycles. The van der Waals surface area contributed by atoms with E-state index in [2.05, 4.69) is 15.4 Å². The maximum absolute atomic E-state index is 10.4. The average Bonchev–Trinajstić information content (AvgIpc) is 2.05. The summed E-state index contributed by atoms with van der Waals surface area (Å²) in [7, 11) is 7.00. The number of nitrogens with zero attached hydrogens (tertiary/aromatic N) is 2. The molecule has 0 radical (unpaired) electrons. The molecule has 16 heavy (non-hydrogen) atoms. The fourth-order valence-corrected chi connectivity index (χ4v) is 0.415. The molecule has 0 atom stereocenters. The standard InChI is InChI=1S/C6H10O3.2C2H6N.Al/c1-3-9-6(8)4-5(2)7;2*1-3-2;/h3-4H2,1-2H3;2*1-2H3;/q;2*-1;+3. The summed E-state index contributed by atoms with van der Waals surface area (Å²) in [6, 6.07) is 0. The molecule has 0 heterocycles. The van der Waals surface area contributed by atoms with Crippen molar-refractivity contribution >= 4 is 29.1 Å². The third-order valence-corrected chi connectivity index (χ3v) is 0.699. The van der Waals surface area contributed by atoms with Crippen LogP contribution in [0.15, 0.2) is 0 Å². The zero-order chi connectivity index (χ0) is 12.7. The molecule has 0 aromatic heterocycles. The van der Waals surface area contributed by atoms with Gasteiger partial charge < -0.3 is 15.4 Å². The Morgan fingerprint density at radius 2 is 1.38 bits per heavy atom. The zero-order valence-corrected chi connectivity index (χ0v) is 12.3. The molecule has 0 fully saturated rings. The van der Waals surface area contributed by atoms with Gasteiger partial charge in [-0.15, -0.1) is 0 Å². The fourth-order valence-electron chi connectivity index (χ4n) is 0.415. The second-order valence-corrected chi connectivity index (χ2v) is 2.58. The summed E-state index contributed by atoms with van der Waals surface area (Å²) < 4.78 is 4.49. The van der Waals surface area contributed by atoms with Crippen LogP contribution in [0.1, 0.15) is 20.3 Å². The van der Waals surface area contributed by atoms with Crippen LogP contribution in [0.4, 0.5) is 0 Å². The number of carbonyl (C=O) groups is 2. The van der Waals surface area contributed by atoms with Crippen molar-refractivity contribution in [1.29, 1.82) is 0 Å². The number of rotatable bonds is 3. The molecular formula is C10H22AlN2O3+. The van der Waals surface area contributed by atoms with Gasteiger partial charge in [0.05, 0.1) is 6.61 Å². The van der Waals surface area contributed by atoms with Crippen molar-refractivity contribution in [2.24, 2.45) is 0 Å². The molecule has 0 spiro atoms. The van der Waals surface area contributed by atoms with Gasteiger partial charge in [-0.3, -0.25) is 9.59 Å². The van der Waals surface area contributed by atoms with E-state index in [1.165, 1.54) is 6.92 Å². The van der Waals surface area contributed by atoms with Gasteiger partial charge in [0.15, 0.2) is 0 Å². The summed E-state index contributed by atoms with van der Waals surface area (Å²) in [5, 5.41) is 7.00. The molecule has 0 bridgehead atoms. The van der Waals surface area contributed by atoms with Gasteiger partial charge in [0, 0.05) is 0 Å². The number of ether oxygens (including phenoxy) is 1. The van der Waals surface area contributed by atoms with Crippen molar-refractivity contribution in [2.45, 2.75) is 20.3 Å². The SMILES string of the molecule is CCOC(=O)CC(C)=O.C[N-]C.C[N-]C.[Al+3]. The Balaban J connectivity index is -0.0000000870. The maximum Gasteiger partial charge on any atom is 3.00 e. The molecule has 0 aromatic rings. The van der Waals surface area contributed by atoms with E-state index >= 15 is 0 Å². The van der Waals surface area contributed by atoms with E-state index in [1.54, 1.807) is 35.1 Å². The Morgan fingerprint density at radius 3 is 1.56 bits per heavy atom. The van der Waals surface area contributed by atoms with Gasteiger partial charge in [-0.2, -0.15) is 28.2 Å². The van der Waals surface area contributed by atoms with E-state index in [9.17, 15) is 9.59 Å². The first-order valence-electron chi connectivity index (χ1n) is 4.60. The van der Waals surface area contributed by atoms with E-state index in [0.717, 1.165) is 0 Å². The first-order chi connectivity index (χ1) is 6.99. The first kappa shape index (κ1) is 24.7. The molecule has 0 saturated carbocycles. The molecule has 0 saturated heterocycles. The van der Waals surface area contributed by atoms with Crippen LogP contribution in [0.3, 0.4) is 0 Å². The van der Waals surface area contributed by atoms with E-state index in [0.29, 0.717) is 6.61 Å². The molecule has 0 aliphatic rings. The summed E-state index contributed by atoms with van der Waals surface area (Å²) in [6.07, 6.45) is -0.103. The van der Waals surface area contributed by atoms with Crippen molar-refractivity contribution in [2.75, 3.05) is 34.8 Å². The predicted octanol–water partition coefficient (Wildman–Crippen LogP) is 1.39. The summed E-state index contributed by atoms with van der Waals surface area (Å²) in [5.74, 6) is -0.599. The van der Waals surface area contributed by atoms with Crippen LogP contribution in [-0.2, 0) is 14.3 Å². The molecule has 0 aromatic carbocycles. The third kappa shape index (κ3) is 49.6. The Hall–Kier alpha value is -0.408. The Labute approximate surface area is 109 Å². The van der Waals surface area contributed by atoms with E-state index in [-0.39, 0.29) is 29.6 Å². The molecule has 5 nitrogen and oxygen atoms in total. The summed E-state index contributed by atoms with van der Waals surface area (Å²) in [4.78, 5) is 20.6. The van der Waals surface area contributed by atoms with Gasteiger partial charge in [-0.05, 0) is 13.8 Å². The largest absolute Gasteiger partial charge is 3.00 e. The van der Waals surface area contributed by atoms with Gasteiger partial charge in [-0.25, -0.2) is 0 Å². The third-order valence-electron chi connectivity index (χ3n) is 0.699. The van der Waals surface area contributed by atoms with Crippen molar-refractivity contribution < 1.29 is 14.3 Å². The normalized spacial score (nSPS) is 7.12. The van der Waals surface area contributed by atoms with Crippen LogP contribution >= 0.6 is 0 Å². The molecule has 0 unspecified atom stereocenters. The van der Waals surface area contributed by atoms with Crippen molar-refractivity contribution in [1.82, 2.24) is 0 Å². The summed E-state index contributed by atoms with van der Waals surface area (Å²) >= 11 is 0. The van der Waals surface area contributed by atoms with Gasteiger partial charge >= 0.3 is 23.3 Å². The topological polar surface area (TPSA) is 71.6 Å². The van der Waals surface area contributed by atoms with Gasteiger partial charge in [0.25, 0.3) is 0 Å². The number of hydrogen-bond acceptors (Lipinski definition) is 3. The molecule has 92 valence electrons. The van der Waals surface area contributed by atoms with Crippen LogP contribution in [0, 0.1) is 0 Å². The Kier molecular flexibility index (Phi) is 37.1. The van der Waals surface area contributed by atoms with Crippen LogP contribution in [0.25, 0.3) is 10.6 Å². The zero-order valence-electron chi connectivity index (χ0n) is 11.1. The Morgan fingerprint density at radius 1 is 1.06 bits per heavy atom. The van der Waals surface area contributed by atoms with Gasteiger partial charge in [0.1, 0.15) is 12.2 Å². The second kappa shape index (κ2) is 24.0. The number of Topliss-reactive ketones (excluding diaryl/α,β-unsaturated/α-hetero) is 1. The first-order valence-corrected chi connectivity index (χ1v) is 4.60. The van der Waals surface area contributed by atoms with Crippen LogP contribution < -0.4 is 0 Å².